The van der Waals surface area contributed by atoms with Crippen LogP contribution < -0.4 is 0 Å². The standard InChI is InChI=1S/C20H14IN3/c1-13-10-11-18-15(12-13)14-6-2-4-8-17(14)23(18)20-22-16-7-3-5-9-19(16)24(20)21/h2-12H,1H3. The van der Waals surface area contributed by atoms with Crippen LogP contribution >= 0.6 is 22.9 Å². The number of fused-ring (bicyclic) bond motifs is 4. The molecule has 0 saturated carbocycles. The van der Waals surface area contributed by atoms with Crippen LogP contribution in [0, 0.1) is 6.92 Å². The molecule has 0 N–H and O–H groups in total. The molecule has 5 aromatic rings. The van der Waals surface area contributed by atoms with Crippen LogP contribution in [0.3, 0.4) is 0 Å². The Morgan fingerprint density at radius 2 is 1.50 bits per heavy atom. The monoisotopic (exact) mass is 423 g/mol. The predicted molar refractivity (Wildman–Crippen MR) is 108 cm³/mol. The van der Waals surface area contributed by atoms with Gasteiger partial charge in [0.05, 0.1) is 44.9 Å². The largest absolute Gasteiger partial charge is 0.279 e. The van der Waals surface area contributed by atoms with Crippen molar-refractivity contribution in [3.8, 4) is 5.95 Å². The molecule has 24 heavy (non-hydrogen) atoms. The normalized spacial score (nSPS) is 11.8. The number of imidazole rings is 1. The molecule has 0 fully saturated rings. The van der Waals surface area contributed by atoms with Gasteiger partial charge in [0.25, 0.3) is 0 Å². The summed E-state index contributed by atoms with van der Waals surface area (Å²) < 4.78 is 4.40. The maximum absolute atomic E-state index is 4.90. The van der Waals surface area contributed by atoms with Crippen LogP contribution in [-0.4, -0.2) is 12.3 Å². The summed E-state index contributed by atoms with van der Waals surface area (Å²) in [5.41, 5.74) is 5.79. The van der Waals surface area contributed by atoms with E-state index in [1.165, 1.54) is 27.4 Å². The van der Waals surface area contributed by atoms with Gasteiger partial charge in [-0.25, -0.2) is 7.76 Å². The molecular weight excluding hydrogens is 409 g/mol. The van der Waals surface area contributed by atoms with Gasteiger partial charge in [-0.3, -0.25) is 4.57 Å². The molecule has 3 aromatic carbocycles. The Bertz CT molecular complexity index is 1230. The Balaban J connectivity index is 1.99. The van der Waals surface area contributed by atoms with E-state index in [4.69, 9.17) is 4.98 Å². The van der Waals surface area contributed by atoms with Gasteiger partial charge in [0.15, 0.2) is 0 Å². The molecule has 0 aliphatic carbocycles. The minimum atomic E-state index is 0.937. The minimum absolute atomic E-state index is 0.937. The Labute approximate surface area is 153 Å². The van der Waals surface area contributed by atoms with E-state index in [0.29, 0.717) is 0 Å². The van der Waals surface area contributed by atoms with Crippen molar-refractivity contribution in [2.24, 2.45) is 0 Å². The van der Waals surface area contributed by atoms with Crippen LogP contribution in [-0.2, 0) is 0 Å². The first-order valence-electron chi connectivity index (χ1n) is 7.88. The first-order chi connectivity index (χ1) is 11.7. The fourth-order valence-corrected chi connectivity index (χ4v) is 4.16. The van der Waals surface area contributed by atoms with E-state index in [1.54, 1.807) is 0 Å². The van der Waals surface area contributed by atoms with Crippen molar-refractivity contribution in [2.45, 2.75) is 6.92 Å². The number of hydrogen-bond acceptors (Lipinski definition) is 1. The maximum Gasteiger partial charge on any atom is 0.225 e. The molecule has 0 saturated heterocycles. The molecule has 4 heteroatoms. The van der Waals surface area contributed by atoms with Gasteiger partial charge in [0, 0.05) is 10.8 Å². The summed E-state index contributed by atoms with van der Waals surface area (Å²) in [7, 11) is 0. The highest BCUT2D eigenvalue weighted by Gasteiger charge is 2.17. The van der Waals surface area contributed by atoms with Gasteiger partial charge in [0.2, 0.25) is 5.95 Å². The zero-order valence-corrected chi connectivity index (χ0v) is 15.2. The van der Waals surface area contributed by atoms with E-state index in [1.807, 2.05) is 6.07 Å². The Morgan fingerprint density at radius 1 is 0.792 bits per heavy atom. The molecule has 116 valence electrons. The summed E-state index contributed by atoms with van der Waals surface area (Å²) in [6, 6.07) is 23.4. The van der Waals surface area contributed by atoms with Crippen molar-refractivity contribution in [1.29, 1.82) is 0 Å². The van der Waals surface area contributed by atoms with Gasteiger partial charge in [-0.05, 0) is 37.3 Å². The Hall–Kier alpha value is -2.34. The third-order valence-corrected chi connectivity index (χ3v) is 5.47. The third-order valence-electron chi connectivity index (χ3n) is 4.52. The molecule has 0 bridgehead atoms. The van der Waals surface area contributed by atoms with Crippen LogP contribution in [0.2, 0.25) is 0 Å². The zero-order chi connectivity index (χ0) is 16.3. The molecule has 2 aromatic heterocycles. The van der Waals surface area contributed by atoms with E-state index in [2.05, 4.69) is 97.8 Å². The predicted octanol–water partition coefficient (Wildman–Crippen LogP) is 5.64. The molecule has 0 amide bonds. The molecule has 5 rings (SSSR count). The van der Waals surface area contributed by atoms with E-state index < -0.39 is 0 Å². The third kappa shape index (κ3) is 1.86. The second kappa shape index (κ2) is 5.08. The lowest BCUT2D eigenvalue weighted by Crippen LogP contribution is -1.99. The summed E-state index contributed by atoms with van der Waals surface area (Å²) in [6.45, 7) is 2.14. The fourth-order valence-electron chi connectivity index (χ4n) is 3.42. The van der Waals surface area contributed by atoms with Crippen molar-refractivity contribution >= 4 is 55.7 Å². The molecule has 0 atom stereocenters. The molecular formula is C20H14IN3. The van der Waals surface area contributed by atoms with E-state index in [0.717, 1.165) is 17.0 Å². The lowest BCUT2D eigenvalue weighted by molar-refractivity contribution is 1.04. The smallest absolute Gasteiger partial charge is 0.225 e. The Morgan fingerprint density at radius 3 is 2.33 bits per heavy atom. The molecule has 0 radical (unpaired) electrons. The number of para-hydroxylation sites is 3. The van der Waals surface area contributed by atoms with Crippen molar-refractivity contribution < 1.29 is 0 Å². The molecule has 3 nitrogen and oxygen atoms in total. The van der Waals surface area contributed by atoms with Gasteiger partial charge in [0.1, 0.15) is 0 Å². The molecule has 2 heterocycles. The van der Waals surface area contributed by atoms with Crippen LogP contribution in [0.1, 0.15) is 5.56 Å². The summed E-state index contributed by atoms with van der Waals surface area (Å²) in [5, 5.41) is 2.54. The summed E-state index contributed by atoms with van der Waals surface area (Å²) in [6.07, 6.45) is 0. The average molecular weight is 423 g/mol. The molecule has 0 unspecified atom stereocenters. The first kappa shape index (κ1) is 14.0. The lowest BCUT2D eigenvalue weighted by Gasteiger charge is -2.06. The number of hydrogen-bond donors (Lipinski definition) is 0. The second-order valence-electron chi connectivity index (χ2n) is 6.05. The average Bonchev–Trinajstić information content (AvgIpc) is 3.10. The van der Waals surface area contributed by atoms with Gasteiger partial charge >= 0.3 is 0 Å². The molecule has 0 spiro atoms. The highest BCUT2D eigenvalue weighted by atomic mass is 127. The number of aryl methyl sites for hydroxylation is 1. The summed E-state index contributed by atoms with van der Waals surface area (Å²) in [5.74, 6) is 0.937. The highest BCUT2D eigenvalue weighted by Crippen LogP contribution is 2.33. The van der Waals surface area contributed by atoms with Crippen LogP contribution in [0.15, 0.2) is 66.7 Å². The van der Waals surface area contributed by atoms with Crippen LogP contribution in [0.5, 0.6) is 0 Å². The minimum Gasteiger partial charge on any atom is -0.279 e. The van der Waals surface area contributed by atoms with E-state index >= 15 is 0 Å². The van der Waals surface area contributed by atoms with Crippen LogP contribution in [0.4, 0.5) is 0 Å². The van der Waals surface area contributed by atoms with E-state index in [-0.39, 0.29) is 0 Å². The van der Waals surface area contributed by atoms with Crippen molar-refractivity contribution in [1.82, 2.24) is 12.3 Å². The quantitative estimate of drug-likeness (QED) is 0.320. The van der Waals surface area contributed by atoms with E-state index in [9.17, 15) is 0 Å². The summed E-state index contributed by atoms with van der Waals surface area (Å²) >= 11 is 2.34. The van der Waals surface area contributed by atoms with Crippen molar-refractivity contribution in [2.75, 3.05) is 0 Å². The maximum atomic E-state index is 4.90. The second-order valence-corrected chi connectivity index (χ2v) is 7.02. The molecule has 0 aliphatic heterocycles. The first-order valence-corrected chi connectivity index (χ1v) is 8.84. The molecule has 0 aliphatic rings. The summed E-state index contributed by atoms with van der Waals surface area (Å²) in [4.78, 5) is 4.90. The number of benzene rings is 3. The highest BCUT2D eigenvalue weighted by molar-refractivity contribution is 14.1. The number of rotatable bonds is 1. The van der Waals surface area contributed by atoms with Gasteiger partial charge in [-0.15, -0.1) is 0 Å². The van der Waals surface area contributed by atoms with Crippen molar-refractivity contribution in [3.05, 3.63) is 72.3 Å². The van der Waals surface area contributed by atoms with Gasteiger partial charge < -0.3 is 0 Å². The zero-order valence-electron chi connectivity index (χ0n) is 13.1. The van der Waals surface area contributed by atoms with Crippen molar-refractivity contribution in [3.63, 3.8) is 0 Å². The lowest BCUT2D eigenvalue weighted by atomic mass is 10.1. The SMILES string of the molecule is Cc1ccc2c(c1)c1ccccc1n2-c1nc2ccccc2n1I. The number of halogens is 1. The van der Waals surface area contributed by atoms with Gasteiger partial charge in [-0.2, -0.15) is 0 Å². The number of nitrogens with zero attached hydrogens (tertiary/aromatic N) is 3. The topological polar surface area (TPSA) is 22.8 Å². The number of aromatic nitrogens is 3. The van der Waals surface area contributed by atoms with Crippen LogP contribution in [0.25, 0.3) is 38.8 Å². The fraction of sp³-hybridized carbons (Fsp3) is 0.0500. The van der Waals surface area contributed by atoms with Gasteiger partial charge in [-0.1, -0.05) is 42.0 Å². The Kier molecular flexibility index (Phi) is 2.97.